The predicted octanol–water partition coefficient (Wildman–Crippen LogP) is 5.78. The van der Waals surface area contributed by atoms with Crippen molar-refractivity contribution in [2.75, 3.05) is 7.11 Å². The Morgan fingerprint density at radius 1 is 1.00 bits per heavy atom. The van der Waals surface area contributed by atoms with Gasteiger partial charge < -0.3 is 14.8 Å². The highest BCUT2D eigenvalue weighted by molar-refractivity contribution is 9.10. The number of methoxy groups -OCH3 is 1. The molecule has 8 heteroatoms. The zero-order chi connectivity index (χ0) is 23.4. The summed E-state index contributed by atoms with van der Waals surface area (Å²) in [5.41, 5.74) is 2.55. The van der Waals surface area contributed by atoms with Crippen molar-refractivity contribution in [3.63, 3.8) is 0 Å². The van der Waals surface area contributed by atoms with E-state index in [9.17, 15) is 9.59 Å². The Morgan fingerprint density at radius 3 is 2.39 bits per heavy atom. The molecule has 0 radical (unpaired) electrons. The number of amides is 3. The van der Waals surface area contributed by atoms with Crippen LogP contribution in [-0.4, -0.2) is 23.9 Å². The van der Waals surface area contributed by atoms with Gasteiger partial charge in [-0.2, -0.15) is 0 Å². The van der Waals surface area contributed by atoms with Gasteiger partial charge in [-0.05, 0) is 47.5 Å². The number of urea groups is 1. The van der Waals surface area contributed by atoms with Gasteiger partial charge in [0.05, 0.1) is 13.7 Å². The van der Waals surface area contributed by atoms with E-state index in [1.165, 1.54) is 0 Å². The minimum absolute atomic E-state index is 0.143. The Labute approximate surface area is 204 Å². The molecule has 0 spiro atoms. The normalized spacial score (nSPS) is 14.5. The van der Waals surface area contributed by atoms with E-state index in [1.807, 2.05) is 24.3 Å². The molecular formula is C25H20BrClN2O4. The van der Waals surface area contributed by atoms with Crippen LogP contribution in [0.25, 0.3) is 6.08 Å². The first-order valence-corrected chi connectivity index (χ1v) is 11.2. The SMILES string of the molecule is COc1cccc(/C=C2\NC(=O)N(Cc3ccc(Cl)cc3)C2=O)c1OCc1ccc(Br)cc1. The molecule has 1 aliphatic rings. The van der Waals surface area contributed by atoms with Crippen molar-refractivity contribution in [3.05, 3.63) is 98.6 Å². The quantitative estimate of drug-likeness (QED) is 0.312. The molecule has 0 atom stereocenters. The molecule has 1 saturated heterocycles. The van der Waals surface area contributed by atoms with Crippen LogP contribution in [0, 0.1) is 0 Å². The molecule has 1 aliphatic heterocycles. The highest BCUT2D eigenvalue weighted by Crippen LogP contribution is 2.34. The van der Waals surface area contributed by atoms with Crippen LogP contribution in [0.15, 0.2) is 76.9 Å². The van der Waals surface area contributed by atoms with Gasteiger partial charge in [0.1, 0.15) is 12.3 Å². The molecule has 0 saturated carbocycles. The van der Waals surface area contributed by atoms with E-state index >= 15 is 0 Å². The van der Waals surface area contributed by atoms with Crippen LogP contribution in [0.5, 0.6) is 11.5 Å². The number of imide groups is 1. The average molecular weight is 528 g/mol. The number of halogens is 2. The van der Waals surface area contributed by atoms with Gasteiger partial charge in [0.2, 0.25) is 0 Å². The van der Waals surface area contributed by atoms with Crippen LogP contribution in [0.3, 0.4) is 0 Å². The van der Waals surface area contributed by atoms with Gasteiger partial charge in [-0.15, -0.1) is 0 Å². The lowest BCUT2D eigenvalue weighted by Gasteiger charge is -2.14. The summed E-state index contributed by atoms with van der Waals surface area (Å²) in [4.78, 5) is 26.6. The Hall–Kier alpha value is -3.29. The highest BCUT2D eigenvalue weighted by Gasteiger charge is 2.33. The lowest BCUT2D eigenvalue weighted by Crippen LogP contribution is -2.30. The van der Waals surface area contributed by atoms with Gasteiger partial charge >= 0.3 is 6.03 Å². The van der Waals surface area contributed by atoms with E-state index in [0.29, 0.717) is 28.7 Å². The molecule has 0 aliphatic carbocycles. The number of ether oxygens (including phenoxy) is 2. The Morgan fingerprint density at radius 2 is 1.70 bits per heavy atom. The fraction of sp³-hybridized carbons (Fsp3) is 0.120. The topological polar surface area (TPSA) is 67.9 Å². The third-order valence-corrected chi connectivity index (χ3v) is 5.82. The summed E-state index contributed by atoms with van der Waals surface area (Å²) in [5.74, 6) is 0.585. The van der Waals surface area contributed by atoms with Gasteiger partial charge in [-0.25, -0.2) is 4.79 Å². The first-order valence-electron chi connectivity index (χ1n) is 10.1. The van der Waals surface area contributed by atoms with Crippen LogP contribution in [0.4, 0.5) is 4.79 Å². The predicted molar refractivity (Wildman–Crippen MR) is 130 cm³/mol. The lowest BCUT2D eigenvalue weighted by molar-refractivity contribution is -0.123. The zero-order valence-corrected chi connectivity index (χ0v) is 20.0. The first kappa shape index (κ1) is 22.9. The fourth-order valence-electron chi connectivity index (χ4n) is 3.34. The van der Waals surface area contributed by atoms with Crippen molar-refractivity contribution < 1.29 is 19.1 Å². The maximum absolute atomic E-state index is 12.9. The smallest absolute Gasteiger partial charge is 0.329 e. The van der Waals surface area contributed by atoms with Crippen molar-refractivity contribution in [3.8, 4) is 11.5 Å². The molecule has 1 heterocycles. The Bertz CT molecular complexity index is 1210. The van der Waals surface area contributed by atoms with E-state index in [0.717, 1.165) is 20.5 Å². The second-order valence-corrected chi connectivity index (χ2v) is 8.65. The Kier molecular flexibility index (Phi) is 7.01. The molecule has 1 fully saturated rings. The summed E-state index contributed by atoms with van der Waals surface area (Å²) in [6, 6.07) is 19.7. The molecule has 0 bridgehead atoms. The van der Waals surface area contributed by atoms with E-state index in [1.54, 1.807) is 55.7 Å². The van der Waals surface area contributed by atoms with Gasteiger partial charge in [-0.1, -0.05) is 63.9 Å². The number of hydrogen-bond acceptors (Lipinski definition) is 4. The first-order chi connectivity index (χ1) is 15.9. The van der Waals surface area contributed by atoms with E-state index in [2.05, 4.69) is 21.2 Å². The molecule has 0 unspecified atom stereocenters. The maximum Gasteiger partial charge on any atom is 0.329 e. The highest BCUT2D eigenvalue weighted by atomic mass is 79.9. The van der Waals surface area contributed by atoms with Crippen molar-refractivity contribution in [1.82, 2.24) is 10.2 Å². The number of rotatable bonds is 7. The van der Waals surface area contributed by atoms with Gasteiger partial charge in [0.15, 0.2) is 11.5 Å². The summed E-state index contributed by atoms with van der Waals surface area (Å²) < 4.78 is 12.5. The molecule has 3 aromatic carbocycles. The molecule has 3 amide bonds. The molecule has 1 N–H and O–H groups in total. The Balaban J connectivity index is 1.57. The van der Waals surface area contributed by atoms with Crippen molar-refractivity contribution in [2.45, 2.75) is 13.2 Å². The summed E-state index contributed by atoms with van der Waals surface area (Å²) in [6.07, 6.45) is 1.60. The van der Waals surface area contributed by atoms with E-state index in [-0.39, 0.29) is 12.2 Å². The van der Waals surface area contributed by atoms with Crippen LogP contribution >= 0.6 is 27.5 Å². The number of nitrogens with zero attached hydrogens (tertiary/aromatic N) is 1. The second-order valence-electron chi connectivity index (χ2n) is 7.30. The van der Waals surface area contributed by atoms with Crippen molar-refractivity contribution in [2.24, 2.45) is 0 Å². The van der Waals surface area contributed by atoms with Crippen LogP contribution in [-0.2, 0) is 17.9 Å². The summed E-state index contributed by atoms with van der Waals surface area (Å²) in [6.45, 7) is 0.455. The number of nitrogens with one attached hydrogen (secondary N) is 1. The maximum atomic E-state index is 12.9. The zero-order valence-electron chi connectivity index (χ0n) is 17.7. The lowest BCUT2D eigenvalue weighted by atomic mass is 10.1. The van der Waals surface area contributed by atoms with Gasteiger partial charge in [0.25, 0.3) is 5.91 Å². The molecule has 3 aromatic rings. The van der Waals surface area contributed by atoms with Crippen LogP contribution in [0.1, 0.15) is 16.7 Å². The minimum Gasteiger partial charge on any atom is -0.493 e. The molecular weight excluding hydrogens is 508 g/mol. The number of carbonyl (C=O) groups is 2. The second kappa shape index (κ2) is 10.1. The molecule has 33 heavy (non-hydrogen) atoms. The van der Waals surface area contributed by atoms with Crippen LogP contribution in [0.2, 0.25) is 5.02 Å². The largest absolute Gasteiger partial charge is 0.493 e. The summed E-state index contributed by atoms with van der Waals surface area (Å²) >= 11 is 9.34. The third-order valence-electron chi connectivity index (χ3n) is 5.04. The van der Waals surface area contributed by atoms with Crippen molar-refractivity contribution >= 4 is 45.5 Å². The number of hydrogen-bond donors (Lipinski definition) is 1. The van der Waals surface area contributed by atoms with E-state index in [4.69, 9.17) is 21.1 Å². The van der Waals surface area contributed by atoms with Crippen molar-refractivity contribution in [1.29, 1.82) is 0 Å². The average Bonchev–Trinajstić information content (AvgIpc) is 3.07. The minimum atomic E-state index is -0.485. The summed E-state index contributed by atoms with van der Waals surface area (Å²) in [5, 5.41) is 3.24. The van der Waals surface area contributed by atoms with Crippen LogP contribution < -0.4 is 14.8 Å². The molecule has 0 aromatic heterocycles. The van der Waals surface area contributed by atoms with Gasteiger partial charge in [0, 0.05) is 15.1 Å². The fourth-order valence-corrected chi connectivity index (χ4v) is 3.73. The third kappa shape index (κ3) is 5.38. The number of carbonyl (C=O) groups excluding carboxylic acids is 2. The monoisotopic (exact) mass is 526 g/mol. The number of para-hydroxylation sites is 1. The van der Waals surface area contributed by atoms with E-state index < -0.39 is 11.9 Å². The molecule has 6 nitrogen and oxygen atoms in total. The molecule has 4 rings (SSSR count). The molecule has 168 valence electrons. The number of benzene rings is 3. The summed E-state index contributed by atoms with van der Waals surface area (Å²) in [7, 11) is 1.55. The standard InChI is InChI=1S/C25H20BrClN2O4/c1-32-22-4-2-3-18(23(22)33-15-17-5-9-19(26)10-6-17)13-21-24(30)29(25(31)28-21)14-16-7-11-20(27)12-8-16/h2-13H,14-15H2,1H3,(H,28,31)/b21-13-. The van der Waals surface area contributed by atoms with Gasteiger partial charge in [-0.3, -0.25) is 9.69 Å².